The fourth-order valence-corrected chi connectivity index (χ4v) is 2.38. The number of rotatable bonds is 4. The zero-order chi connectivity index (χ0) is 13.8. The number of hydrogen-bond donors (Lipinski definition) is 2. The van der Waals surface area contributed by atoms with Crippen LogP contribution in [0.25, 0.3) is 0 Å². The summed E-state index contributed by atoms with van der Waals surface area (Å²) >= 11 is 0. The lowest BCUT2D eigenvalue weighted by molar-refractivity contribution is -0.134. The van der Waals surface area contributed by atoms with Crippen LogP contribution in [0, 0.1) is 5.92 Å². The van der Waals surface area contributed by atoms with Gasteiger partial charge in [-0.1, -0.05) is 5.21 Å². The molecule has 2 rings (SSSR count). The third kappa shape index (κ3) is 3.51. The SMILES string of the molecule is CC(O)C1CCN(C(=O)Cn2cc(CN)nn2)CC1. The van der Waals surface area contributed by atoms with Crippen molar-refractivity contribution in [2.45, 2.75) is 39.0 Å². The van der Waals surface area contributed by atoms with Gasteiger partial charge in [0.25, 0.3) is 0 Å². The van der Waals surface area contributed by atoms with Crippen molar-refractivity contribution in [2.24, 2.45) is 11.7 Å². The van der Waals surface area contributed by atoms with Crippen molar-refractivity contribution >= 4 is 5.91 Å². The van der Waals surface area contributed by atoms with Crippen molar-refractivity contribution < 1.29 is 9.90 Å². The molecule has 1 unspecified atom stereocenters. The summed E-state index contributed by atoms with van der Waals surface area (Å²) in [6.45, 7) is 3.74. The highest BCUT2D eigenvalue weighted by Crippen LogP contribution is 2.20. The van der Waals surface area contributed by atoms with Gasteiger partial charge in [0, 0.05) is 19.6 Å². The van der Waals surface area contributed by atoms with E-state index in [0.29, 0.717) is 31.2 Å². The van der Waals surface area contributed by atoms with Gasteiger partial charge >= 0.3 is 0 Å². The Morgan fingerprint density at radius 1 is 1.58 bits per heavy atom. The molecule has 0 aliphatic carbocycles. The van der Waals surface area contributed by atoms with Crippen LogP contribution >= 0.6 is 0 Å². The molecule has 7 heteroatoms. The standard InChI is InChI=1S/C12H21N5O2/c1-9(18)10-2-4-16(5-3-10)12(19)8-17-7-11(6-13)14-15-17/h7,9-10,18H,2-6,8,13H2,1H3. The van der Waals surface area contributed by atoms with Gasteiger partial charge < -0.3 is 15.7 Å². The molecule has 1 fully saturated rings. The van der Waals surface area contributed by atoms with Gasteiger partial charge in [-0.05, 0) is 25.7 Å². The van der Waals surface area contributed by atoms with E-state index < -0.39 is 0 Å². The molecule has 7 nitrogen and oxygen atoms in total. The Balaban J connectivity index is 1.84. The first-order valence-electron chi connectivity index (χ1n) is 6.65. The van der Waals surface area contributed by atoms with E-state index in [1.165, 1.54) is 4.68 Å². The van der Waals surface area contributed by atoms with Crippen LogP contribution in [-0.4, -0.2) is 50.1 Å². The van der Waals surface area contributed by atoms with Gasteiger partial charge in [-0.25, -0.2) is 4.68 Å². The summed E-state index contributed by atoms with van der Waals surface area (Å²) in [5.41, 5.74) is 6.13. The lowest BCUT2D eigenvalue weighted by Crippen LogP contribution is -2.42. The van der Waals surface area contributed by atoms with Crippen LogP contribution in [0.1, 0.15) is 25.5 Å². The molecule has 1 aromatic rings. The van der Waals surface area contributed by atoms with Crippen LogP contribution in [0.3, 0.4) is 0 Å². The lowest BCUT2D eigenvalue weighted by Gasteiger charge is -2.33. The lowest BCUT2D eigenvalue weighted by atomic mass is 9.92. The molecule has 1 aliphatic rings. The molecule has 0 aromatic carbocycles. The monoisotopic (exact) mass is 267 g/mol. The average molecular weight is 267 g/mol. The minimum atomic E-state index is -0.292. The second-order valence-corrected chi connectivity index (χ2v) is 5.07. The fraction of sp³-hybridized carbons (Fsp3) is 0.750. The summed E-state index contributed by atoms with van der Waals surface area (Å²) < 4.78 is 1.52. The number of carbonyl (C=O) groups excluding carboxylic acids is 1. The molecule has 2 heterocycles. The van der Waals surface area contributed by atoms with Crippen LogP contribution in [0.15, 0.2) is 6.20 Å². The molecule has 1 saturated heterocycles. The summed E-state index contributed by atoms with van der Waals surface area (Å²) in [5, 5.41) is 17.2. The summed E-state index contributed by atoms with van der Waals surface area (Å²) in [7, 11) is 0. The Kier molecular flexibility index (Phi) is 4.49. The normalized spacial score (nSPS) is 18.6. The van der Waals surface area contributed by atoms with Crippen molar-refractivity contribution in [1.82, 2.24) is 19.9 Å². The van der Waals surface area contributed by atoms with E-state index in [0.717, 1.165) is 12.8 Å². The molecule has 1 aromatic heterocycles. The maximum absolute atomic E-state index is 12.1. The molecule has 1 atom stereocenters. The van der Waals surface area contributed by atoms with Gasteiger partial charge in [0.05, 0.1) is 18.0 Å². The molecule has 19 heavy (non-hydrogen) atoms. The van der Waals surface area contributed by atoms with E-state index in [1.54, 1.807) is 6.20 Å². The number of hydrogen-bond acceptors (Lipinski definition) is 5. The summed E-state index contributed by atoms with van der Waals surface area (Å²) in [6.07, 6.45) is 3.11. The highest BCUT2D eigenvalue weighted by atomic mass is 16.3. The molecule has 0 radical (unpaired) electrons. The number of carbonyl (C=O) groups is 1. The minimum absolute atomic E-state index is 0.0394. The zero-order valence-electron chi connectivity index (χ0n) is 11.2. The van der Waals surface area contributed by atoms with E-state index in [4.69, 9.17) is 5.73 Å². The second-order valence-electron chi connectivity index (χ2n) is 5.07. The number of piperidine rings is 1. The van der Waals surface area contributed by atoms with Crippen LogP contribution < -0.4 is 5.73 Å². The Hall–Kier alpha value is -1.47. The van der Waals surface area contributed by atoms with E-state index in [-0.39, 0.29) is 18.6 Å². The molecule has 106 valence electrons. The highest BCUT2D eigenvalue weighted by molar-refractivity contribution is 5.75. The molecule has 3 N–H and O–H groups in total. The second kappa shape index (κ2) is 6.12. The largest absolute Gasteiger partial charge is 0.393 e. The summed E-state index contributed by atoms with van der Waals surface area (Å²) in [4.78, 5) is 13.9. The van der Waals surface area contributed by atoms with Gasteiger partial charge in [-0.15, -0.1) is 5.10 Å². The van der Waals surface area contributed by atoms with Crippen LogP contribution in [-0.2, 0) is 17.9 Å². The van der Waals surface area contributed by atoms with Crippen LogP contribution in [0.2, 0.25) is 0 Å². The van der Waals surface area contributed by atoms with Crippen LogP contribution in [0.4, 0.5) is 0 Å². The van der Waals surface area contributed by atoms with Crippen molar-refractivity contribution in [2.75, 3.05) is 13.1 Å². The predicted molar refractivity (Wildman–Crippen MR) is 68.9 cm³/mol. The highest BCUT2D eigenvalue weighted by Gasteiger charge is 2.25. The Morgan fingerprint density at radius 3 is 2.79 bits per heavy atom. The zero-order valence-corrected chi connectivity index (χ0v) is 11.2. The number of aliphatic hydroxyl groups is 1. The smallest absolute Gasteiger partial charge is 0.244 e. The molecular formula is C12H21N5O2. The number of nitrogens with two attached hydrogens (primary N) is 1. The summed E-state index contributed by atoms with van der Waals surface area (Å²) in [5.74, 6) is 0.344. The van der Waals surface area contributed by atoms with E-state index in [9.17, 15) is 9.90 Å². The number of amides is 1. The topological polar surface area (TPSA) is 97.3 Å². The van der Waals surface area contributed by atoms with Gasteiger partial charge in [0.15, 0.2) is 0 Å². The molecule has 1 amide bonds. The number of likely N-dealkylation sites (tertiary alicyclic amines) is 1. The van der Waals surface area contributed by atoms with E-state index in [2.05, 4.69) is 10.3 Å². The molecule has 0 saturated carbocycles. The number of aliphatic hydroxyl groups excluding tert-OH is 1. The van der Waals surface area contributed by atoms with Gasteiger partial charge in [0.1, 0.15) is 6.54 Å². The van der Waals surface area contributed by atoms with Crippen molar-refractivity contribution in [3.05, 3.63) is 11.9 Å². The maximum Gasteiger partial charge on any atom is 0.244 e. The first kappa shape index (κ1) is 14.0. The van der Waals surface area contributed by atoms with Crippen molar-refractivity contribution in [3.8, 4) is 0 Å². The van der Waals surface area contributed by atoms with Gasteiger partial charge in [-0.2, -0.15) is 0 Å². The third-order valence-corrected chi connectivity index (χ3v) is 3.67. The summed E-state index contributed by atoms with van der Waals surface area (Å²) in [6, 6.07) is 0. The Morgan fingerprint density at radius 2 is 2.26 bits per heavy atom. The maximum atomic E-state index is 12.1. The van der Waals surface area contributed by atoms with E-state index in [1.807, 2.05) is 11.8 Å². The predicted octanol–water partition coefficient (Wildman–Crippen LogP) is -0.644. The molecule has 1 aliphatic heterocycles. The van der Waals surface area contributed by atoms with Crippen LogP contribution in [0.5, 0.6) is 0 Å². The van der Waals surface area contributed by atoms with Crippen molar-refractivity contribution in [3.63, 3.8) is 0 Å². The molecule has 0 bridgehead atoms. The van der Waals surface area contributed by atoms with Crippen molar-refractivity contribution in [1.29, 1.82) is 0 Å². The third-order valence-electron chi connectivity index (χ3n) is 3.67. The Labute approximate surface area is 112 Å². The van der Waals surface area contributed by atoms with Gasteiger partial charge in [-0.3, -0.25) is 4.79 Å². The molecule has 0 spiro atoms. The molecular weight excluding hydrogens is 246 g/mol. The fourth-order valence-electron chi connectivity index (χ4n) is 2.38. The first-order chi connectivity index (χ1) is 9.10. The van der Waals surface area contributed by atoms with E-state index >= 15 is 0 Å². The minimum Gasteiger partial charge on any atom is -0.393 e. The number of aromatic nitrogens is 3. The average Bonchev–Trinajstić information content (AvgIpc) is 2.86. The number of nitrogens with zero attached hydrogens (tertiary/aromatic N) is 4. The Bertz CT molecular complexity index is 424. The first-order valence-corrected chi connectivity index (χ1v) is 6.65. The van der Waals surface area contributed by atoms with Gasteiger partial charge in [0.2, 0.25) is 5.91 Å². The quantitative estimate of drug-likeness (QED) is 0.756.